The number of ether oxygens (including phenoxy) is 6. The van der Waals surface area contributed by atoms with E-state index in [1.54, 1.807) is 0 Å². The summed E-state index contributed by atoms with van der Waals surface area (Å²) in [5.74, 6) is 0. The van der Waals surface area contributed by atoms with Crippen molar-refractivity contribution in [2.24, 2.45) is 0 Å². The third-order valence-electron chi connectivity index (χ3n) is 9.36. The molecule has 0 spiro atoms. The van der Waals surface area contributed by atoms with Gasteiger partial charge in [-0.25, -0.2) is 0 Å². The van der Waals surface area contributed by atoms with Gasteiger partial charge >= 0.3 is 0 Å². The molecule has 0 aromatic carbocycles. The van der Waals surface area contributed by atoms with E-state index in [4.69, 9.17) is 69.3 Å². The van der Waals surface area contributed by atoms with E-state index in [1.165, 1.54) is 0 Å². The Morgan fingerprint density at radius 2 is 0.793 bits per heavy atom. The lowest BCUT2D eigenvalue weighted by Crippen LogP contribution is -2.64. The fourth-order valence-corrected chi connectivity index (χ4v) is 5.68. The largest absolute Gasteiger partial charge is 0.394 e. The maximum absolute atomic E-state index is 9.94. The first kappa shape index (κ1) is 52.7. The van der Waals surface area contributed by atoms with Crippen molar-refractivity contribution in [1.82, 2.24) is 0 Å². The minimum Gasteiger partial charge on any atom is -0.394 e. The monoisotopic (exact) mass is 864 g/mol. The average molecular weight is 865 g/mol. The normalized spacial score (nSPS) is 45.3. The van der Waals surface area contributed by atoms with Crippen molar-refractivity contribution in [3.63, 3.8) is 0 Å². The number of rotatable bonds is 13. The molecule has 4 rings (SSSR count). The second kappa shape index (κ2) is 24.3. The molecule has 0 aromatic rings. The fraction of sp³-hybridized carbons (Fsp3) is 0.967. The Hall–Kier alpha value is -1.41. The molecule has 58 heavy (non-hydrogen) atoms. The lowest BCUT2D eigenvalue weighted by Gasteiger charge is -2.45. The Bertz CT molecular complexity index is 1120. The molecular formula is C30H56O28. The summed E-state index contributed by atoms with van der Waals surface area (Å²) in [5.41, 5.74) is 0. The summed E-state index contributed by atoms with van der Waals surface area (Å²) in [4.78, 5) is 9.90. The van der Waals surface area contributed by atoms with Crippen molar-refractivity contribution < 1.29 is 140 Å². The highest BCUT2D eigenvalue weighted by Gasteiger charge is 2.51. The summed E-state index contributed by atoms with van der Waals surface area (Å²) in [5, 5.41) is 196. The van der Waals surface area contributed by atoms with Gasteiger partial charge in [-0.05, 0) is 0 Å². The molecular weight excluding hydrogens is 808 g/mol. The molecule has 21 N–H and O–H groups in total. The van der Waals surface area contributed by atoms with Crippen molar-refractivity contribution in [2.75, 3.05) is 33.0 Å². The van der Waals surface area contributed by atoms with Crippen LogP contribution in [-0.4, -0.2) is 294 Å². The van der Waals surface area contributed by atoms with E-state index in [2.05, 4.69) is 0 Å². The zero-order valence-electron chi connectivity index (χ0n) is 30.2. The summed E-state index contributed by atoms with van der Waals surface area (Å²) in [6, 6.07) is 0. The first-order valence-corrected chi connectivity index (χ1v) is 17.5. The van der Waals surface area contributed by atoms with Gasteiger partial charge in [0.2, 0.25) is 0 Å². The van der Waals surface area contributed by atoms with E-state index in [1.807, 2.05) is 0 Å². The van der Waals surface area contributed by atoms with E-state index in [9.17, 15) is 71.2 Å². The molecule has 28 nitrogen and oxygen atoms in total. The standard InChI is InChI=1S/2C12H22O11.C6H12O6/c13-1-3-5(15)6(16)9(19)12(22-3)23-10-4(2-14)21-11(20)8(18)7(10)17;13-1-3-5(15)7(17)9(19)11(21-3)23-12-10(20)8(18)6(16)4(2-14)22-12;7-1-3(9)5(11)6(12)4(10)2-8/h2*3-20H,1-2H2;1,3-6,8-12H,2H2/t3-,4-,5-,6+,7-,8-,9-,10-,11-,12-;3-,4-,5-,6-,7+,8+,9-,10-,11-,12-;3-,4+,5+,6+/m110/s1. The molecule has 4 aliphatic heterocycles. The number of hydrogen-bond acceptors (Lipinski definition) is 28. The molecule has 4 saturated heterocycles. The molecule has 4 fully saturated rings. The average Bonchev–Trinajstić information content (AvgIpc) is 3.22. The van der Waals surface area contributed by atoms with Crippen LogP contribution in [0, 0.1) is 0 Å². The van der Waals surface area contributed by atoms with Gasteiger partial charge in [-0.3, -0.25) is 0 Å². The zero-order chi connectivity index (χ0) is 44.3. The van der Waals surface area contributed by atoms with Crippen LogP contribution in [0.4, 0.5) is 0 Å². The quantitative estimate of drug-likeness (QED) is 0.0764. The van der Waals surface area contributed by atoms with Crippen molar-refractivity contribution in [2.45, 2.75) is 147 Å². The minimum atomic E-state index is -1.79. The highest BCUT2D eigenvalue weighted by molar-refractivity contribution is 5.56. The van der Waals surface area contributed by atoms with Crippen molar-refractivity contribution in [1.29, 1.82) is 0 Å². The van der Waals surface area contributed by atoms with Crippen LogP contribution in [0.25, 0.3) is 0 Å². The maximum atomic E-state index is 9.94. The van der Waals surface area contributed by atoms with Crippen LogP contribution in [0.5, 0.6) is 0 Å². The summed E-state index contributed by atoms with van der Waals surface area (Å²) in [6.07, 6.45) is -38.0. The van der Waals surface area contributed by atoms with Crippen LogP contribution in [0.1, 0.15) is 0 Å². The van der Waals surface area contributed by atoms with Gasteiger partial charge in [0.1, 0.15) is 122 Å². The predicted molar refractivity (Wildman–Crippen MR) is 174 cm³/mol. The van der Waals surface area contributed by atoms with Crippen LogP contribution < -0.4 is 0 Å². The topological polar surface area (TPSA) is 497 Å². The van der Waals surface area contributed by atoms with Crippen molar-refractivity contribution in [3.8, 4) is 0 Å². The van der Waals surface area contributed by atoms with Gasteiger partial charge in [0.15, 0.2) is 31.4 Å². The Labute approximate surface area is 327 Å². The number of aliphatic hydroxyl groups excluding tert-OH is 21. The summed E-state index contributed by atoms with van der Waals surface area (Å²) in [7, 11) is 0. The van der Waals surface area contributed by atoms with Gasteiger partial charge in [-0.2, -0.15) is 0 Å². The Morgan fingerprint density at radius 3 is 1.12 bits per heavy atom. The fourth-order valence-electron chi connectivity index (χ4n) is 5.68. The molecule has 0 saturated carbocycles. The number of carbonyl (C=O) groups excluding carboxylic acids is 1. The van der Waals surface area contributed by atoms with Gasteiger partial charge in [-0.15, -0.1) is 0 Å². The lowest BCUT2D eigenvalue weighted by molar-refractivity contribution is -0.376. The SMILES string of the molecule is O=C[C@H](O)[C@@H](O)[C@H](O)[C@H](O)CO.OC[C@H]1O[C@H](O[C@H]2O[C@H](CO)[C@@H](O)[C@H](O)[C@H]2O)[C@H](O)[C@@H](O)[C@@H]1O.OC[C@H]1O[C@H](O[C@H]2[C@H](O)[C@@H](O)[C@H](O)O[C@@H]2CO)[C@H](O)[C@@H](O)[C@@H]1O. The number of carbonyl (C=O) groups is 1. The van der Waals surface area contributed by atoms with Gasteiger partial charge in [0, 0.05) is 0 Å². The molecule has 28 heteroatoms. The third kappa shape index (κ3) is 12.8. The molecule has 0 radical (unpaired) electrons. The van der Waals surface area contributed by atoms with E-state index >= 15 is 0 Å². The molecule has 0 aromatic heterocycles. The van der Waals surface area contributed by atoms with Gasteiger partial charge in [0.05, 0.1) is 33.0 Å². The first-order valence-electron chi connectivity index (χ1n) is 17.5. The molecule has 0 aliphatic carbocycles. The molecule has 4 aliphatic rings. The van der Waals surface area contributed by atoms with Gasteiger partial charge in [-0.1, -0.05) is 0 Å². The van der Waals surface area contributed by atoms with Crippen molar-refractivity contribution >= 4 is 6.29 Å². The molecule has 24 atom stereocenters. The smallest absolute Gasteiger partial charge is 0.189 e. The summed E-state index contributed by atoms with van der Waals surface area (Å²) in [6.45, 7) is -3.44. The summed E-state index contributed by atoms with van der Waals surface area (Å²) >= 11 is 0. The van der Waals surface area contributed by atoms with Crippen LogP contribution in [-0.2, 0) is 33.2 Å². The van der Waals surface area contributed by atoms with E-state index in [0.29, 0.717) is 0 Å². The second-order valence-corrected chi connectivity index (χ2v) is 13.4. The highest BCUT2D eigenvalue weighted by Crippen LogP contribution is 2.30. The number of hydrogen-bond donors (Lipinski definition) is 21. The molecule has 0 unspecified atom stereocenters. The van der Waals surface area contributed by atoms with Crippen LogP contribution in [0.15, 0.2) is 0 Å². The Kier molecular flexibility index (Phi) is 22.1. The van der Waals surface area contributed by atoms with Crippen molar-refractivity contribution in [3.05, 3.63) is 0 Å². The predicted octanol–water partition coefficient (Wildman–Crippen LogP) is -14.2. The summed E-state index contributed by atoms with van der Waals surface area (Å²) < 4.78 is 30.6. The third-order valence-corrected chi connectivity index (χ3v) is 9.36. The first-order chi connectivity index (χ1) is 27.2. The zero-order valence-corrected chi connectivity index (χ0v) is 30.2. The van der Waals surface area contributed by atoms with Crippen LogP contribution in [0.3, 0.4) is 0 Å². The lowest BCUT2D eigenvalue weighted by atomic mass is 9.97. The Balaban J connectivity index is 0.000000317. The molecule has 0 amide bonds. The minimum absolute atomic E-state index is 0.0258. The maximum Gasteiger partial charge on any atom is 0.189 e. The Morgan fingerprint density at radius 1 is 0.431 bits per heavy atom. The van der Waals surface area contributed by atoms with Gasteiger partial charge in [0.25, 0.3) is 0 Å². The van der Waals surface area contributed by atoms with E-state index < -0.39 is 180 Å². The molecule has 4 heterocycles. The van der Waals surface area contributed by atoms with Gasteiger partial charge < -0.3 is 140 Å². The van der Waals surface area contributed by atoms with Crippen LogP contribution >= 0.6 is 0 Å². The molecule has 344 valence electrons. The number of aldehydes is 1. The second-order valence-electron chi connectivity index (χ2n) is 13.4. The van der Waals surface area contributed by atoms with E-state index in [-0.39, 0.29) is 6.29 Å². The van der Waals surface area contributed by atoms with E-state index in [0.717, 1.165) is 0 Å². The number of aliphatic hydroxyl groups is 21. The van der Waals surface area contributed by atoms with Crippen LogP contribution in [0.2, 0.25) is 0 Å². The highest BCUT2D eigenvalue weighted by atomic mass is 16.8. The molecule has 0 bridgehead atoms.